The molecule has 1 aromatic carbocycles. The van der Waals surface area contributed by atoms with Crippen LogP contribution in [0, 0.1) is 0 Å². The highest BCUT2D eigenvalue weighted by atomic mass is 16.5. The van der Waals surface area contributed by atoms with Crippen molar-refractivity contribution in [1.29, 1.82) is 0 Å². The number of benzene rings is 1. The number of hydrogen-bond acceptors (Lipinski definition) is 5. The van der Waals surface area contributed by atoms with Gasteiger partial charge in [-0.1, -0.05) is 12.1 Å². The summed E-state index contributed by atoms with van der Waals surface area (Å²) < 4.78 is 5.93. The molecule has 23 heavy (non-hydrogen) atoms. The molecular weight excluding hydrogens is 288 g/mol. The predicted molar refractivity (Wildman–Crippen MR) is 93.4 cm³/mol. The molecule has 0 saturated heterocycles. The van der Waals surface area contributed by atoms with Gasteiger partial charge in [-0.25, -0.2) is 4.98 Å². The number of nitrogens with one attached hydrogen (secondary N) is 1. The first-order chi connectivity index (χ1) is 11.2. The van der Waals surface area contributed by atoms with Gasteiger partial charge in [0.05, 0.1) is 5.56 Å². The van der Waals surface area contributed by atoms with Crippen LogP contribution in [0.2, 0.25) is 0 Å². The fraction of sp³-hybridized carbons (Fsp3) is 0.333. The Labute approximate surface area is 137 Å². The summed E-state index contributed by atoms with van der Waals surface area (Å²) in [6.45, 7) is 2.28. The third-order valence-corrected chi connectivity index (χ3v) is 3.75. The van der Waals surface area contributed by atoms with E-state index in [9.17, 15) is 0 Å². The highest BCUT2D eigenvalue weighted by molar-refractivity contribution is 6.00. The molecule has 0 aliphatic carbocycles. The summed E-state index contributed by atoms with van der Waals surface area (Å²) in [6.07, 6.45) is 2.82. The monoisotopic (exact) mass is 310 g/mol. The fourth-order valence-corrected chi connectivity index (χ4v) is 2.44. The van der Waals surface area contributed by atoms with E-state index in [1.54, 1.807) is 6.20 Å². The fourth-order valence-electron chi connectivity index (χ4n) is 2.44. The van der Waals surface area contributed by atoms with Crippen molar-refractivity contribution in [3.63, 3.8) is 0 Å². The highest BCUT2D eigenvalue weighted by Gasteiger charge is 2.13. The van der Waals surface area contributed by atoms with E-state index in [2.05, 4.69) is 44.5 Å². The molecule has 2 aromatic rings. The van der Waals surface area contributed by atoms with Crippen LogP contribution in [0.15, 0.2) is 47.6 Å². The van der Waals surface area contributed by atoms with E-state index < -0.39 is 0 Å². The summed E-state index contributed by atoms with van der Waals surface area (Å²) in [7, 11) is 4.06. The first-order valence-corrected chi connectivity index (χ1v) is 7.87. The molecule has 120 valence electrons. The van der Waals surface area contributed by atoms with Crippen molar-refractivity contribution >= 4 is 11.5 Å². The van der Waals surface area contributed by atoms with Gasteiger partial charge in [0.15, 0.2) is 0 Å². The smallest absolute Gasteiger partial charge is 0.224 e. The molecule has 3 rings (SSSR count). The Morgan fingerprint density at radius 1 is 1.17 bits per heavy atom. The second kappa shape index (κ2) is 7.13. The molecule has 5 heteroatoms. The van der Waals surface area contributed by atoms with Gasteiger partial charge in [0, 0.05) is 39.1 Å². The summed E-state index contributed by atoms with van der Waals surface area (Å²) in [5, 5.41) is 3.32. The van der Waals surface area contributed by atoms with Crippen molar-refractivity contribution in [3.8, 4) is 5.88 Å². The Hall–Kier alpha value is -2.56. The molecule has 1 aliphatic rings. The molecule has 1 aliphatic heterocycles. The number of rotatable bonds is 5. The van der Waals surface area contributed by atoms with Gasteiger partial charge in [0.2, 0.25) is 5.88 Å². The van der Waals surface area contributed by atoms with Crippen LogP contribution in [-0.2, 0) is 6.61 Å². The number of anilines is 1. The van der Waals surface area contributed by atoms with Gasteiger partial charge < -0.3 is 15.0 Å². The topological polar surface area (TPSA) is 49.8 Å². The van der Waals surface area contributed by atoms with Crippen molar-refractivity contribution < 1.29 is 4.74 Å². The molecule has 0 saturated carbocycles. The van der Waals surface area contributed by atoms with E-state index in [0.717, 1.165) is 36.5 Å². The molecule has 0 fully saturated rings. The lowest BCUT2D eigenvalue weighted by Crippen LogP contribution is -2.30. The van der Waals surface area contributed by atoms with Crippen LogP contribution in [0.4, 0.5) is 5.69 Å². The predicted octanol–water partition coefficient (Wildman–Crippen LogP) is 2.47. The molecule has 1 N–H and O–H groups in total. The van der Waals surface area contributed by atoms with Gasteiger partial charge in [-0.05, 0) is 36.2 Å². The second-order valence-corrected chi connectivity index (χ2v) is 5.72. The Balaban J connectivity index is 1.72. The average molecular weight is 310 g/mol. The number of aromatic nitrogens is 1. The molecule has 5 nitrogen and oxygen atoms in total. The third-order valence-electron chi connectivity index (χ3n) is 3.75. The lowest BCUT2D eigenvalue weighted by molar-refractivity contribution is 0.293. The largest absolute Gasteiger partial charge is 0.472 e. The van der Waals surface area contributed by atoms with Crippen molar-refractivity contribution in [2.45, 2.75) is 13.0 Å². The molecule has 1 aromatic heterocycles. The highest BCUT2D eigenvalue weighted by Crippen LogP contribution is 2.18. The van der Waals surface area contributed by atoms with Crippen LogP contribution in [0.25, 0.3) is 0 Å². The summed E-state index contributed by atoms with van der Waals surface area (Å²) in [5.41, 5.74) is 3.22. The zero-order valence-electron chi connectivity index (χ0n) is 13.6. The van der Waals surface area contributed by atoms with E-state index in [0.29, 0.717) is 12.5 Å². The first kappa shape index (κ1) is 15.3. The number of nitrogens with zero attached hydrogens (tertiary/aromatic N) is 3. The van der Waals surface area contributed by atoms with Crippen molar-refractivity contribution in [2.75, 3.05) is 32.1 Å². The van der Waals surface area contributed by atoms with Gasteiger partial charge in [0.25, 0.3) is 0 Å². The number of ether oxygens (including phenoxy) is 1. The van der Waals surface area contributed by atoms with E-state index in [-0.39, 0.29) is 0 Å². The van der Waals surface area contributed by atoms with Crippen molar-refractivity contribution in [1.82, 2.24) is 10.3 Å². The van der Waals surface area contributed by atoms with Crippen LogP contribution in [-0.4, -0.2) is 38.0 Å². The molecule has 0 amide bonds. The quantitative estimate of drug-likeness (QED) is 0.922. The second-order valence-electron chi connectivity index (χ2n) is 5.72. The molecule has 0 bridgehead atoms. The standard InChI is InChI=1S/C18H22N4O/c1-22(2)15-8-6-14(7-9-15)13-23-18-16(5-3-10-21-18)17-19-11-4-12-20-17/h3,5-10H,4,11-13H2,1-2H3,(H,19,20). The lowest BCUT2D eigenvalue weighted by atomic mass is 10.2. The Morgan fingerprint density at radius 2 is 2.00 bits per heavy atom. The molecule has 0 unspecified atom stereocenters. The Kier molecular flexibility index (Phi) is 4.76. The number of hydrogen-bond donors (Lipinski definition) is 1. The number of amidine groups is 1. The van der Waals surface area contributed by atoms with Crippen LogP contribution in [0.5, 0.6) is 5.88 Å². The van der Waals surface area contributed by atoms with Gasteiger partial charge in [-0.15, -0.1) is 0 Å². The Morgan fingerprint density at radius 3 is 2.70 bits per heavy atom. The summed E-state index contributed by atoms with van der Waals surface area (Å²) >= 11 is 0. The van der Waals surface area contributed by atoms with E-state index in [1.165, 1.54) is 5.69 Å². The van der Waals surface area contributed by atoms with Crippen LogP contribution < -0.4 is 15.0 Å². The molecule has 2 heterocycles. The number of pyridine rings is 1. The first-order valence-electron chi connectivity index (χ1n) is 7.87. The zero-order chi connectivity index (χ0) is 16.1. The van der Waals surface area contributed by atoms with E-state index in [1.807, 2.05) is 26.2 Å². The number of aliphatic imine (C=N–C) groups is 1. The average Bonchev–Trinajstić information content (AvgIpc) is 2.61. The van der Waals surface area contributed by atoms with Crippen LogP contribution in [0.3, 0.4) is 0 Å². The summed E-state index contributed by atoms with van der Waals surface area (Å²) in [6, 6.07) is 12.2. The summed E-state index contributed by atoms with van der Waals surface area (Å²) in [5.74, 6) is 1.50. The minimum Gasteiger partial charge on any atom is -0.472 e. The summed E-state index contributed by atoms with van der Waals surface area (Å²) in [4.78, 5) is 11.0. The molecule has 0 radical (unpaired) electrons. The van der Waals surface area contributed by atoms with Gasteiger partial charge >= 0.3 is 0 Å². The van der Waals surface area contributed by atoms with Gasteiger partial charge in [-0.2, -0.15) is 0 Å². The van der Waals surface area contributed by atoms with Crippen molar-refractivity contribution in [3.05, 3.63) is 53.7 Å². The van der Waals surface area contributed by atoms with E-state index in [4.69, 9.17) is 4.74 Å². The van der Waals surface area contributed by atoms with E-state index >= 15 is 0 Å². The van der Waals surface area contributed by atoms with Crippen LogP contribution in [0.1, 0.15) is 17.5 Å². The maximum atomic E-state index is 5.93. The van der Waals surface area contributed by atoms with Gasteiger partial charge in [0.1, 0.15) is 12.4 Å². The maximum Gasteiger partial charge on any atom is 0.224 e. The molecule has 0 spiro atoms. The van der Waals surface area contributed by atoms with Crippen LogP contribution >= 0.6 is 0 Å². The molecular formula is C18H22N4O. The normalized spacial score (nSPS) is 13.9. The minimum absolute atomic E-state index is 0.491. The lowest BCUT2D eigenvalue weighted by Gasteiger charge is -2.17. The minimum atomic E-state index is 0.491. The third kappa shape index (κ3) is 3.80. The molecule has 0 atom stereocenters. The SMILES string of the molecule is CN(C)c1ccc(COc2ncccc2C2=NCCCN2)cc1. The zero-order valence-corrected chi connectivity index (χ0v) is 13.6. The van der Waals surface area contributed by atoms with Crippen molar-refractivity contribution in [2.24, 2.45) is 4.99 Å². The Bertz CT molecular complexity index is 680. The maximum absolute atomic E-state index is 5.93. The van der Waals surface area contributed by atoms with Gasteiger partial charge in [-0.3, -0.25) is 4.99 Å².